The van der Waals surface area contributed by atoms with Crippen LogP contribution in [0, 0.1) is 5.92 Å². The summed E-state index contributed by atoms with van der Waals surface area (Å²) in [6.45, 7) is 10.2. The van der Waals surface area contributed by atoms with Gasteiger partial charge in [0, 0.05) is 24.8 Å². The number of hydrogen-bond donors (Lipinski definition) is 1. The first-order valence-corrected chi connectivity index (χ1v) is 7.23. The molecular weight excluding hydrogens is 220 g/mol. The van der Waals surface area contributed by atoms with E-state index in [-0.39, 0.29) is 0 Å². The summed E-state index contributed by atoms with van der Waals surface area (Å²) in [6, 6.07) is 9.43. The van der Waals surface area contributed by atoms with Gasteiger partial charge in [-0.15, -0.1) is 0 Å². The van der Waals surface area contributed by atoms with E-state index in [0.29, 0.717) is 6.04 Å². The molecule has 1 aromatic carbocycles. The fourth-order valence-electron chi connectivity index (χ4n) is 2.71. The lowest BCUT2D eigenvalue weighted by Crippen LogP contribution is -2.43. The molecule has 0 radical (unpaired) electrons. The molecule has 1 aromatic rings. The van der Waals surface area contributed by atoms with E-state index in [0.717, 1.165) is 19.0 Å². The van der Waals surface area contributed by atoms with E-state index in [1.165, 1.54) is 30.6 Å². The maximum absolute atomic E-state index is 3.57. The Balaban J connectivity index is 1.97. The van der Waals surface area contributed by atoms with E-state index < -0.39 is 0 Å². The Bertz CT molecular complexity index is 373. The van der Waals surface area contributed by atoms with Crippen LogP contribution in [0.5, 0.6) is 0 Å². The van der Waals surface area contributed by atoms with Gasteiger partial charge in [0.15, 0.2) is 0 Å². The first kappa shape index (κ1) is 13.4. The minimum Gasteiger partial charge on any atom is -0.367 e. The van der Waals surface area contributed by atoms with Crippen LogP contribution in [-0.4, -0.2) is 25.7 Å². The SMILES string of the molecule is CC(C)CNCC(C)N1CCCc2ccccc21. The normalized spacial score (nSPS) is 16.8. The molecule has 0 saturated carbocycles. The van der Waals surface area contributed by atoms with Crippen molar-refractivity contribution in [1.29, 1.82) is 0 Å². The maximum atomic E-state index is 3.57. The van der Waals surface area contributed by atoms with Gasteiger partial charge in [-0.05, 0) is 43.9 Å². The molecule has 100 valence electrons. The van der Waals surface area contributed by atoms with Crippen molar-refractivity contribution < 1.29 is 0 Å². The molecule has 18 heavy (non-hydrogen) atoms. The van der Waals surface area contributed by atoms with Crippen LogP contribution < -0.4 is 10.2 Å². The minimum atomic E-state index is 0.574. The van der Waals surface area contributed by atoms with Gasteiger partial charge in [-0.2, -0.15) is 0 Å². The van der Waals surface area contributed by atoms with Crippen molar-refractivity contribution in [2.45, 2.75) is 39.7 Å². The van der Waals surface area contributed by atoms with E-state index >= 15 is 0 Å². The van der Waals surface area contributed by atoms with Crippen LogP contribution in [-0.2, 0) is 6.42 Å². The van der Waals surface area contributed by atoms with Gasteiger partial charge in [-0.1, -0.05) is 32.0 Å². The third kappa shape index (κ3) is 3.26. The second kappa shape index (κ2) is 6.24. The van der Waals surface area contributed by atoms with E-state index in [9.17, 15) is 0 Å². The lowest BCUT2D eigenvalue weighted by atomic mass is 10.0. The van der Waals surface area contributed by atoms with Crippen LogP contribution >= 0.6 is 0 Å². The number of para-hydroxylation sites is 1. The average molecular weight is 246 g/mol. The molecule has 1 atom stereocenters. The van der Waals surface area contributed by atoms with Gasteiger partial charge < -0.3 is 10.2 Å². The molecule has 2 heteroatoms. The first-order valence-electron chi connectivity index (χ1n) is 7.23. The van der Waals surface area contributed by atoms with Crippen LogP contribution in [0.2, 0.25) is 0 Å². The summed E-state index contributed by atoms with van der Waals surface area (Å²) in [5.41, 5.74) is 2.96. The molecule has 1 N–H and O–H groups in total. The molecule has 2 nitrogen and oxygen atoms in total. The van der Waals surface area contributed by atoms with Crippen molar-refractivity contribution in [3.05, 3.63) is 29.8 Å². The smallest absolute Gasteiger partial charge is 0.0401 e. The van der Waals surface area contributed by atoms with Gasteiger partial charge in [0.2, 0.25) is 0 Å². The van der Waals surface area contributed by atoms with Crippen molar-refractivity contribution in [3.63, 3.8) is 0 Å². The minimum absolute atomic E-state index is 0.574. The molecule has 0 bridgehead atoms. The van der Waals surface area contributed by atoms with Gasteiger partial charge in [0.25, 0.3) is 0 Å². The highest BCUT2D eigenvalue weighted by Crippen LogP contribution is 2.28. The fraction of sp³-hybridized carbons (Fsp3) is 0.625. The maximum Gasteiger partial charge on any atom is 0.0401 e. The molecule has 0 spiro atoms. The summed E-state index contributed by atoms with van der Waals surface area (Å²) in [5, 5.41) is 3.57. The van der Waals surface area contributed by atoms with E-state index in [1.54, 1.807) is 0 Å². The number of benzene rings is 1. The lowest BCUT2D eigenvalue weighted by Gasteiger charge is -2.36. The molecule has 0 aliphatic carbocycles. The second-order valence-electron chi connectivity index (χ2n) is 5.83. The van der Waals surface area contributed by atoms with Crippen molar-refractivity contribution >= 4 is 5.69 Å². The number of hydrogen-bond acceptors (Lipinski definition) is 2. The Morgan fingerprint density at radius 3 is 2.72 bits per heavy atom. The third-order valence-corrected chi connectivity index (χ3v) is 3.67. The molecule has 1 aliphatic rings. The molecule has 1 unspecified atom stereocenters. The standard InChI is InChI=1S/C16H26N2/c1-13(2)11-17-12-14(3)18-10-6-8-15-7-4-5-9-16(15)18/h4-5,7,9,13-14,17H,6,8,10-12H2,1-3H3. The Hall–Kier alpha value is -1.02. The Morgan fingerprint density at radius 2 is 1.94 bits per heavy atom. The Morgan fingerprint density at radius 1 is 1.17 bits per heavy atom. The highest BCUT2D eigenvalue weighted by molar-refractivity contribution is 5.56. The second-order valence-corrected chi connectivity index (χ2v) is 5.83. The summed E-state index contributed by atoms with van der Waals surface area (Å²) in [5.74, 6) is 0.728. The van der Waals surface area contributed by atoms with Crippen molar-refractivity contribution in [2.24, 2.45) is 5.92 Å². The summed E-state index contributed by atoms with van der Waals surface area (Å²) in [6.07, 6.45) is 2.52. The number of anilines is 1. The Kier molecular flexibility index (Phi) is 4.65. The van der Waals surface area contributed by atoms with Gasteiger partial charge >= 0.3 is 0 Å². The molecule has 2 rings (SSSR count). The zero-order valence-electron chi connectivity index (χ0n) is 11.9. The summed E-state index contributed by atoms with van der Waals surface area (Å²) in [4.78, 5) is 2.56. The van der Waals surface area contributed by atoms with Gasteiger partial charge in [-0.25, -0.2) is 0 Å². The molecule has 1 aliphatic heterocycles. The van der Waals surface area contributed by atoms with Crippen LogP contribution in [0.1, 0.15) is 32.8 Å². The fourth-order valence-corrected chi connectivity index (χ4v) is 2.71. The number of fused-ring (bicyclic) bond motifs is 1. The third-order valence-electron chi connectivity index (χ3n) is 3.67. The topological polar surface area (TPSA) is 15.3 Å². The quantitative estimate of drug-likeness (QED) is 0.859. The summed E-state index contributed by atoms with van der Waals surface area (Å²) < 4.78 is 0. The van der Waals surface area contributed by atoms with Gasteiger partial charge in [-0.3, -0.25) is 0 Å². The Labute approximate surface area is 111 Å². The van der Waals surface area contributed by atoms with Gasteiger partial charge in [0.1, 0.15) is 0 Å². The molecule has 0 fully saturated rings. The largest absolute Gasteiger partial charge is 0.367 e. The van der Waals surface area contributed by atoms with Crippen LogP contribution in [0.15, 0.2) is 24.3 Å². The number of aryl methyl sites for hydroxylation is 1. The number of nitrogens with one attached hydrogen (secondary N) is 1. The predicted octanol–water partition coefficient (Wildman–Crippen LogP) is 3.07. The zero-order chi connectivity index (χ0) is 13.0. The van der Waals surface area contributed by atoms with Crippen LogP contribution in [0.3, 0.4) is 0 Å². The number of nitrogens with zero attached hydrogens (tertiary/aromatic N) is 1. The van der Waals surface area contributed by atoms with Gasteiger partial charge in [0.05, 0.1) is 0 Å². The highest BCUT2D eigenvalue weighted by atomic mass is 15.2. The number of rotatable bonds is 5. The van der Waals surface area contributed by atoms with Crippen LogP contribution in [0.25, 0.3) is 0 Å². The molecule has 1 heterocycles. The predicted molar refractivity (Wildman–Crippen MR) is 79.3 cm³/mol. The molecule has 0 amide bonds. The molecular formula is C16H26N2. The summed E-state index contributed by atoms with van der Waals surface area (Å²) in [7, 11) is 0. The lowest BCUT2D eigenvalue weighted by molar-refractivity contribution is 0.499. The first-order chi connectivity index (χ1) is 8.68. The average Bonchev–Trinajstić information content (AvgIpc) is 2.37. The molecule has 0 saturated heterocycles. The zero-order valence-corrected chi connectivity index (χ0v) is 11.9. The van der Waals surface area contributed by atoms with Crippen molar-refractivity contribution in [3.8, 4) is 0 Å². The van der Waals surface area contributed by atoms with E-state index in [1.807, 2.05) is 0 Å². The van der Waals surface area contributed by atoms with E-state index in [2.05, 4.69) is 55.3 Å². The van der Waals surface area contributed by atoms with Crippen molar-refractivity contribution in [2.75, 3.05) is 24.5 Å². The van der Waals surface area contributed by atoms with E-state index in [4.69, 9.17) is 0 Å². The summed E-state index contributed by atoms with van der Waals surface area (Å²) >= 11 is 0. The monoisotopic (exact) mass is 246 g/mol. The molecule has 0 aromatic heterocycles. The van der Waals surface area contributed by atoms with Crippen LogP contribution in [0.4, 0.5) is 5.69 Å². The highest BCUT2D eigenvalue weighted by Gasteiger charge is 2.20. The van der Waals surface area contributed by atoms with Crippen molar-refractivity contribution in [1.82, 2.24) is 5.32 Å².